The third kappa shape index (κ3) is 4.59. The van der Waals surface area contributed by atoms with Crippen LogP contribution in [0.3, 0.4) is 0 Å². The Morgan fingerprint density at radius 3 is 2.10 bits per heavy atom. The van der Waals surface area contributed by atoms with Gasteiger partial charge in [-0.25, -0.2) is 0 Å². The van der Waals surface area contributed by atoms with Gasteiger partial charge < -0.3 is 15.2 Å². The highest BCUT2D eigenvalue weighted by Crippen LogP contribution is 2.19. The fraction of sp³-hybridized carbons (Fsp3) is 0.333. The van der Waals surface area contributed by atoms with Crippen molar-refractivity contribution in [1.82, 2.24) is 0 Å². The quantitative estimate of drug-likeness (QED) is 0.850. The van der Waals surface area contributed by atoms with E-state index in [0.717, 1.165) is 30.8 Å². The highest BCUT2D eigenvalue weighted by molar-refractivity contribution is 5.30. The van der Waals surface area contributed by atoms with E-state index in [1.165, 1.54) is 11.1 Å². The Morgan fingerprint density at radius 1 is 0.905 bits per heavy atom. The molecule has 3 heteroatoms. The molecule has 0 spiro atoms. The molecule has 2 aromatic rings. The predicted molar refractivity (Wildman–Crippen MR) is 85.6 cm³/mol. The molecule has 0 aliphatic carbocycles. The molecule has 0 saturated heterocycles. The van der Waals surface area contributed by atoms with Gasteiger partial charge in [0.1, 0.15) is 5.75 Å². The molecular weight excluding hydrogens is 262 g/mol. The lowest BCUT2D eigenvalue weighted by Crippen LogP contribution is -2.13. The summed E-state index contributed by atoms with van der Waals surface area (Å²) in [6.45, 7) is 0.747. The topological polar surface area (TPSA) is 44.5 Å². The molecule has 21 heavy (non-hydrogen) atoms. The molecule has 2 N–H and O–H groups in total. The predicted octanol–water partition coefficient (Wildman–Crippen LogP) is 3.13. The molecular formula is C18H23NO2. The van der Waals surface area contributed by atoms with Crippen LogP contribution in [0.25, 0.3) is 0 Å². The van der Waals surface area contributed by atoms with Crippen molar-refractivity contribution in [1.29, 1.82) is 0 Å². The fourth-order valence-electron chi connectivity index (χ4n) is 2.28. The van der Waals surface area contributed by atoms with E-state index < -0.39 is 0 Å². The molecule has 2 aromatic carbocycles. The second-order valence-electron chi connectivity index (χ2n) is 5.14. The van der Waals surface area contributed by atoms with Gasteiger partial charge in [-0.3, -0.25) is 0 Å². The maximum absolute atomic E-state index is 6.29. The van der Waals surface area contributed by atoms with Crippen LogP contribution in [0.2, 0.25) is 0 Å². The van der Waals surface area contributed by atoms with E-state index in [2.05, 4.69) is 36.4 Å². The Morgan fingerprint density at radius 2 is 1.52 bits per heavy atom. The van der Waals surface area contributed by atoms with Crippen LogP contribution in [0.5, 0.6) is 5.75 Å². The molecule has 0 saturated carbocycles. The smallest absolute Gasteiger partial charge is 0.118 e. The molecule has 0 amide bonds. The standard InChI is InChI=1S/C18H23NO2/c1-20-12-11-14-3-7-16(8-4-14)18(19)13-15-5-9-17(21-2)10-6-15/h3-10,18H,11-13,19H2,1-2H3. The minimum absolute atomic E-state index is 0.00914. The number of methoxy groups -OCH3 is 2. The Labute approximate surface area is 126 Å². The summed E-state index contributed by atoms with van der Waals surface area (Å²) in [6.07, 6.45) is 1.76. The largest absolute Gasteiger partial charge is 0.497 e. The summed E-state index contributed by atoms with van der Waals surface area (Å²) in [7, 11) is 3.39. The summed E-state index contributed by atoms with van der Waals surface area (Å²) in [5.74, 6) is 0.870. The molecule has 0 heterocycles. The third-order valence-electron chi connectivity index (χ3n) is 3.62. The van der Waals surface area contributed by atoms with E-state index >= 15 is 0 Å². The zero-order valence-corrected chi connectivity index (χ0v) is 12.7. The third-order valence-corrected chi connectivity index (χ3v) is 3.62. The Hall–Kier alpha value is -1.84. The molecule has 1 unspecified atom stereocenters. The molecule has 0 aromatic heterocycles. The number of ether oxygens (including phenoxy) is 2. The molecule has 1 atom stereocenters. The second kappa shape index (κ2) is 7.81. The first-order chi connectivity index (χ1) is 10.2. The number of hydrogen-bond acceptors (Lipinski definition) is 3. The lowest BCUT2D eigenvalue weighted by Gasteiger charge is -2.13. The van der Waals surface area contributed by atoms with Crippen LogP contribution in [0, 0.1) is 0 Å². The van der Waals surface area contributed by atoms with Gasteiger partial charge in [-0.2, -0.15) is 0 Å². The average Bonchev–Trinajstić information content (AvgIpc) is 2.54. The van der Waals surface area contributed by atoms with Gasteiger partial charge in [-0.1, -0.05) is 36.4 Å². The van der Waals surface area contributed by atoms with E-state index in [0.29, 0.717) is 0 Å². The van der Waals surface area contributed by atoms with Crippen LogP contribution in [-0.2, 0) is 17.6 Å². The van der Waals surface area contributed by atoms with Gasteiger partial charge >= 0.3 is 0 Å². The van der Waals surface area contributed by atoms with Gasteiger partial charge in [-0.15, -0.1) is 0 Å². The average molecular weight is 285 g/mol. The zero-order chi connectivity index (χ0) is 15.1. The Bertz CT molecular complexity index is 534. The minimum Gasteiger partial charge on any atom is -0.497 e. The van der Waals surface area contributed by atoms with Gasteiger partial charge in [0.05, 0.1) is 13.7 Å². The van der Waals surface area contributed by atoms with Crippen molar-refractivity contribution in [3.05, 3.63) is 65.2 Å². The van der Waals surface area contributed by atoms with Crippen molar-refractivity contribution in [2.24, 2.45) is 5.73 Å². The van der Waals surface area contributed by atoms with Crippen molar-refractivity contribution in [2.45, 2.75) is 18.9 Å². The van der Waals surface area contributed by atoms with Crippen LogP contribution in [0.1, 0.15) is 22.7 Å². The highest BCUT2D eigenvalue weighted by Gasteiger charge is 2.07. The van der Waals surface area contributed by atoms with Crippen molar-refractivity contribution in [2.75, 3.05) is 20.8 Å². The number of hydrogen-bond donors (Lipinski definition) is 1. The summed E-state index contributed by atoms with van der Waals surface area (Å²) in [5, 5.41) is 0. The number of rotatable bonds is 7. The first-order valence-corrected chi connectivity index (χ1v) is 7.19. The van der Waals surface area contributed by atoms with Crippen LogP contribution < -0.4 is 10.5 Å². The number of benzene rings is 2. The van der Waals surface area contributed by atoms with Crippen molar-refractivity contribution >= 4 is 0 Å². The summed E-state index contributed by atoms with van der Waals surface area (Å²) >= 11 is 0. The fourth-order valence-corrected chi connectivity index (χ4v) is 2.28. The molecule has 0 aliphatic rings. The highest BCUT2D eigenvalue weighted by atomic mass is 16.5. The summed E-state index contributed by atoms with van der Waals surface area (Å²) < 4.78 is 10.2. The molecule has 0 aliphatic heterocycles. The zero-order valence-electron chi connectivity index (χ0n) is 12.7. The van der Waals surface area contributed by atoms with Gasteiger partial charge in [0.15, 0.2) is 0 Å². The Kier molecular flexibility index (Phi) is 5.78. The lowest BCUT2D eigenvalue weighted by atomic mass is 9.98. The maximum Gasteiger partial charge on any atom is 0.118 e. The number of nitrogens with two attached hydrogens (primary N) is 1. The van der Waals surface area contributed by atoms with E-state index in [4.69, 9.17) is 15.2 Å². The van der Waals surface area contributed by atoms with Crippen molar-refractivity contribution in [3.63, 3.8) is 0 Å². The van der Waals surface area contributed by atoms with Gasteiger partial charge in [0.2, 0.25) is 0 Å². The van der Waals surface area contributed by atoms with Gasteiger partial charge in [0.25, 0.3) is 0 Å². The van der Waals surface area contributed by atoms with Crippen LogP contribution in [-0.4, -0.2) is 20.8 Å². The maximum atomic E-state index is 6.29. The molecule has 0 bridgehead atoms. The SMILES string of the molecule is COCCc1ccc(C(N)Cc2ccc(OC)cc2)cc1. The molecule has 0 fully saturated rings. The van der Waals surface area contributed by atoms with E-state index in [1.54, 1.807) is 14.2 Å². The van der Waals surface area contributed by atoms with Gasteiger partial charge in [-0.05, 0) is 41.7 Å². The van der Waals surface area contributed by atoms with Crippen LogP contribution in [0.4, 0.5) is 0 Å². The van der Waals surface area contributed by atoms with Crippen LogP contribution in [0.15, 0.2) is 48.5 Å². The van der Waals surface area contributed by atoms with E-state index in [1.807, 2.05) is 12.1 Å². The molecule has 3 nitrogen and oxygen atoms in total. The normalized spacial score (nSPS) is 12.1. The summed E-state index contributed by atoms with van der Waals surface area (Å²) in [5.41, 5.74) is 9.94. The van der Waals surface area contributed by atoms with E-state index in [9.17, 15) is 0 Å². The summed E-state index contributed by atoms with van der Waals surface area (Å²) in [4.78, 5) is 0. The van der Waals surface area contributed by atoms with Crippen molar-refractivity contribution < 1.29 is 9.47 Å². The van der Waals surface area contributed by atoms with Gasteiger partial charge in [0, 0.05) is 13.2 Å². The van der Waals surface area contributed by atoms with Crippen molar-refractivity contribution in [3.8, 4) is 5.75 Å². The lowest BCUT2D eigenvalue weighted by molar-refractivity contribution is 0.202. The van der Waals surface area contributed by atoms with E-state index in [-0.39, 0.29) is 6.04 Å². The molecule has 2 rings (SSSR count). The first kappa shape index (κ1) is 15.5. The summed E-state index contributed by atoms with van der Waals surface area (Å²) in [6, 6.07) is 16.5. The Balaban J connectivity index is 1.96. The molecule has 0 radical (unpaired) electrons. The minimum atomic E-state index is 0.00914. The molecule has 112 valence electrons. The van der Waals surface area contributed by atoms with Crippen LogP contribution >= 0.6 is 0 Å². The first-order valence-electron chi connectivity index (χ1n) is 7.19. The monoisotopic (exact) mass is 285 g/mol. The second-order valence-corrected chi connectivity index (χ2v) is 5.14.